The van der Waals surface area contributed by atoms with Crippen molar-refractivity contribution in [2.75, 3.05) is 0 Å². The van der Waals surface area contributed by atoms with Crippen LogP contribution in [0.25, 0.3) is 11.0 Å². The number of fused-ring (bicyclic) bond motifs is 1. The second kappa shape index (κ2) is 6.96. The standard InChI is InChI=1S/C18H16F3N3O/c19-18(20,21)9-17(25)22-10-13-5-7-14(8-6-13)11-24-12-23-15-3-1-2-4-16(15)24/h1-8,12H,9-11H2,(H,22,25). The molecule has 1 amide bonds. The van der Waals surface area contributed by atoms with Gasteiger partial charge in [-0.25, -0.2) is 4.98 Å². The third-order valence-corrected chi connectivity index (χ3v) is 3.75. The van der Waals surface area contributed by atoms with Gasteiger partial charge < -0.3 is 9.88 Å². The Morgan fingerprint density at radius 2 is 1.72 bits per heavy atom. The zero-order valence-corrected chi connectivity index (χ0v) is 13.3. The van der Waals surface area contributed by atoms with E-state index in [4.69, 9.17) is 0 Å². The molecule has 130 valence electrons. The highest BCUT2D eigenvalue weighted by atomic mass is 19.4. The molecule has 0 saturated heterocycles. The fraction of sp³-hybridized carbons (Fsp3) is 0.222. The van der Waals surface area contributed by atoms with Crippen molar-refractivity contribution in [3.63, 3.8) is 0 Å². The minimum absolute atomic E-state index is 0.0726. The van der Waals surface area contributed by atoms with Crippen LogP contribution in [0, 0.1) is 0 Å². The number of carbonyl (C=O) groups excluding carboxylic acids is 1. The number of benzene rings is 2. The fourth-order valence-corrected chi connectivity index (χ4v) is 2.54. The first-order valence-electron chi connectivity index (χ1n) is 7.72. The first-order chi connectivity index (χ1) is 11.9. The van der Waals surface area contributed by atoms with E-state index in [1.54, 1.807) is 18.5 Å². The van der Waals surface area contributed by atoms with E-state index in [1.165, 1.54) is 0 Å². The van der Waals surface area contributed by atoms with Gasteiger partial charge in [0.05, 0.1) is 17.4 Å². The molecule has 2 aromatic carbocycles. The van der Waals surface area contributed by atoms with Crippen molar-refractivity contribution in [2.45, 2.75) is 25.7 Å². The van der Waals surface area contributed by atoms with Gasteiger partial charge in [0.1, 0.15) is 6.42 Å². The highest BCUT2D eigenvalue weighted by molar-refractivity contribution is 5.76. The van der Waals surface area contributed by atoms with Gasteiger partial charge in [-0.3, -0.25) is 4.79 Å². The van der Waals surface area contributed by atoms with Gasteiger partial charge in [-0.15, -0.1) is 0 Å². The van der Waals surface area contributed by atoms with Gasteiger partial charge in [-0.05, 0) is 23.3 Å². The molecule has 0 spiro atoms. The van der Waals surface area contributed by atoms with Crippen molar-refractivity contribution >= 4 is 16.9 Å². The van der Waals surface area contributed by atoms with Crippen LogP contribution in [0.3, 0.4) is 0 Å². The fourth-order valence-electron chi connectivity index (χ4n) is 2.54. The van der Waals surface area contributed by atoms with Gasteiger partial charge >= 0.3 is 6.18 Å². The second-order valence-electron chi connectivity index (χ2n) is 5.75. The molecule has 0 radical (unpaired) electrons. The number of amides is 1. The second-order valence-corrected chi connectivity index (χ2v) is 5.75. The maximum atomic E-state index is 12.1. The van der Waals surface area contributed by atoms with Crippen molar-refractivity contribution in [2.24, 2.45) is 0 Å². The largest absolute Gasteiger partial charge is 0.397 e. The SMILES string of the molecule is O=C(CC(F)(F)F)NCc1ccc(Cn2cnc3ccccc32)cc1. The molecule has 4 nitrogen and oxygen atoms in total. The van der Waals surface area contributed by atoms with E-state index in [0.29, 0.717) is 6.54 Å². The lowest BCUT2D eigenvalue weighted by atomic mass is 10.1. The van der Waals surface area contributed by atoms with Crippen LogP contribution in [0.4, 0.5) is 13.2 Å². The Kier molecular flexibility index (Phi) is 4.74. The molecular formula is C18H16F3N3O. The number of hydrogen-bond acceptors (Lipinski definition) is 2. The summed E-state index contributed by atoms with van der Waals surface area (Å²) < 4.78 is 38.3. The minimum atomic E-state index is -4.48. The number of imidazole rings is 1. The summed E-state index contributed by atoms with van der Waals surface area (Å²) in [6, 6.07) is 15.2. The van der Waals surface area contributed by atoms with Gasteiger partial charge in [0.15, 0.2) is 0 Å². The van der Waals surface area contributed by atoms with Crippen molar-refractivity contribution in [1.29, 1.82) is 0 Å². The number of nitrogens with one attached hydrogen (secondary N) is 1. The molecule has 1 aromatic heterocycles. The lowest BCUT2D eigenvalue weighted by Gasteiger charge is -2.09. The number of nitrogens with zero attached hydrogens (tertiary/aromatic N) is 2. The Balaban J connectivity index is 1.60. The van der Waals surface area contributed by atoms with E-state index in [1.807, 2.05) is 41.0 Å². The number of carbonyl (C=O) groups is 1. The minimum Gasteiger partial charge on any atom is -0.352 e. The molecule has 0 unspecified atom stereocenters. The first kappa shape index (κ1) is 17.0. The number of hydrogen-bond donors (Lipinski definition) is 1. The van der Waals surface area contributed by atoms with E-state index in [-0.39, 0.29) is 6.54 Å². The molecule has 0 saturated carbocycles. The zero-order valence-electron chi connectivity index (χ0n) is 13.3. The average molecular weight is 347 g/mol. The number of halogens is 3. The molecule has 0 bridgehead atoms. The number of rotatable bonds is 5. The van der Waals surface area contributed by atoms with Gasteiger partial charge in [0, 0.05) is 13.1 Å². The summed E-state index contributed by atoms with van der Waals surface area (Å²) in [7, 11) is 0. The third-order valence-electron chi connectivity index (χ3n) is 3.75. The molecular weight excluding hydrogens is 331 g/mol. The Hall–Kier alpha value is -2.83. The van der Waals surface area contributed by atoms with Crippen molar-refractivity contribution in [3.8, 4) is 0 Å². The number of aromatic nitrogens is 2. The quantitative estimate of drug-likeness (QED) is 0.766. The van der Waals surface area contributed by atoms with Gasteiger partial charge in [-0.2, -0.15) is 13.2 Å². The van der Waals surface area contributed by atoms with Gasteiger partial charge in [0.2, 0.25) is 5.91 Å². The molecule has 1 heterocycles. The van der Waals surface area contributed by atoms with Crippen LogP contribution in [0.5, 0.6) is 0 Å². The van der Waals surface area contributed by atoms with Crippen LogP contribution in [0.15, 0.2) is 54.9 Å². The summed E-state index contributed by atoms with van der Waals surface area (Å²) in [4.78, 5) is 15.5. The molecule has 0 fully saturated rings. The topological polar surface area (TPSA) is 46.9 Å². The van der Waals surface area contributed by atoms with E-state index in [9.17, 15) is 18.0 Å². The molecule has 0 aliphatic heterocycles. The van der Waals surface area contributed by atoms with E-state index >= 15 is 0 Å². The summed E-state index contributed by atoms with van der Waals surface area (Å²) in [5.74, 6) is -1.03. The monoisotopic (exact) mass is 347 g/mol. The molecule has 3 rings (SSSR count). The number of alkyl halides is 3. The van der Waals surface area contributed by atoms with E-state index < -0.39 is 18.5 Å². The molecule has 25 heavy (non-hydrogen) atoms. The maximum absolute atomic E-state index is 12.1. The molecule has 0 aliphatic carbocycles. The summed E-state index contributed by atoms with van der Waals surface area (Å²) in [5, 5.41) is 2.27. The zero-order chi connectivity index (χ0) is 17.9. The third kappa shape index (κ3) is 4.59. The normalized spacial score (nSPS) is 11.6. The van der Waals surface area contributed by atoms with Crippen molar-refractivity contribution in [3.05, 3.63) is 66.0 Å². The summed E-state index contributed by atoms with van der Waals surface area (Å²) in [6.45, 7) is 0.713. The van der Waals surface area contributed by atoms with Crippen molar-refractivity contribution < 1.29 is 18.0 Å². The highest BCUT2D eigenvalue weighted by Crippen LogP contribution is 2.19. The van der Waals surface area contributed by atoms with Crippen LogP contribution < -0.4 is 5.32 Å². The summed E-state index contributed by atoms with van der Waals surface area (Å²) in [6.07, 6.45) is -4.17. The molecule has 7 heteroatoms. The van der Waals surface area contributed by atoms with Crippen molar-refractivity contribution in [1.82, 2.24) is 14.9 Å². The average Bonchev–Trinajstić information content (AvgIpc) is 2.96. The lowest BCUT2D eigenvalue weighted by Crippen LogP contribution is -2.28. The Labute approximate surface area is 142 Å². The maximum Gasteiger partial charge on any atom is 0.397 e. The summed E-state index contributed by atoms with van der Waals surface area (Å²) in [5.41, 5.74) is 3.74. The lowest BCUT2D eigenvalue weighted by molar-refractivity contribution is -0.153. The highest BCUT2D eigenvalue weighted by Gasteiger charge is 2.30. The van der Waals surface area contributed by atoms with Crippen LogP contribution in [0.2, 0.25) is 0 Å². The van der Waals surface area contributed by atoms with Crippen LogP contribution in [-0.4, -0.2) is 21.6 Å². The Morgan fingerprint density at radius 3 is 2.44 bits per heavy atom. The Bertz CT molecular complexity index is 869. The van der Waals surface area contributed by atoms with Gasteiger partial charge in [-0.1, -0.05) is 36.4 Å². The first-order valence-corrected chi connectivity index (χ1v) is 7.72. The van der Waals surface area contributed by atoms with Crippen LogP contribution in [0.1, 0.15) is 17.5 Å². The van der Waals surface area contributed by atoms with E-state index in [0.717, 1.165) is 22.2 Å². The van der Waals surface area contributed by atoms with Crippen LogP contribution >= 0.6 is 0 Å². The molecule has 3 aromatic rings. The molecule has 1 N–H and O–H groups in total. The molecule has 0 atom stereocenters. The number of para-hydroxylation sites is 2. The van der Waals surface area contributed by atoms with Gasteiger partial charge in [0.25, 0.3) is 0 Å². The smallest absolute Gasteiger partial charge is 0.352 e. The predicted molar refractivity (Wildman–Crippen MR) is 87.8 cm³/mol. The van der Waals surface area contributed by atoms with E-state index in [2.05, 4.69) is 10.3 Å². The van der Waals surface area contributed by atoms with Crippen LogP contribution in [-0.2, 0) is 17.9 Å². The Morgan fingerprint density at radius 1 is 1.04 bits per heavy atom. The summed E-state index contributed by atoms with van der Waals surface area (Å²) >= 11 is 0. The molecule has 0 aliphatic rings. The predicted octanol–water partition coefficient (Wildman–Crippen LogP) is 3.65.